The molecule has 2 rings (SSSR count). The van der Waals surface area contributed by atoms with Gasteiger partial charge in [-0.1, -0.05) is 5.16 Å². The summed E-state index contributed by atoms with van der Waals surface area (Å²) in [5.41, 5.74) is 4.92. The van der Waals surface area contributed by atoms with Crippen molar-refractivity contribution in [3.63, 3.8) is 0 Å². The zero-order chi connectivity index (χ0) is 24.1. The van der Waals surface area contributed by atoms with Crippen molar-refractivity contribution in [3.05, 3.63) is 11.1 Å². The number of nitrogens with zero attached hydrogens (tertiary/aromatic N) is 3. The Balaban J connectivity index is 1.82. The van der Waals surface area contributed by atoms with Crippen molar-refractivity contribution in [1.82, 2.24) is 15.4 Å². The minimum atomic E-state index is -0.918. The summed E-state index contributed by atoms with van der Waals surface area (Å²) in [6, 6.07) is -1.51. The third-order valence-corrected chi connectivity index (χ3v) is 4.55. The molecule has 3 N–H and O–H groups in total. The molecule has 1 aromatic rings. The van der Waals surface area contributed by atoms with Crippen LogP contribution < -0.4 is 11.1 Å². The Hall–Kier alpha value is -3.26. The van der Waals surface area contributed by atoms with Gasteiger partial charge in [0, 0.05) is 5.38 Å². The van der Waals surface area contributed by atoms with Crippen LogP contribution in [-0.2, 0) is 38.3 Å². The molecule has 2 heterocycles. The number of hydrogen-bond acceptors (Lipinski definition) is 12. The van der Waals surface area contributed by atoms with Crippen LogP contribution in [0.4, 0.5) is 5.13 Å². The number of hydrogen-bond donors (Lipinski definition) is 2. The number of aromatic nitrogens is 1. The molecule has 13 nitrogen and oxygen atoms in total. The number of nitrogen functional groups attached to an aromatic ring is 1. The van der Waals surface area contributed by atoms with Crippen molar-refractivity contribution >= 4 is 45.9 Å². The standard InChI is InChI=1S/C18H25N5O8S/c1-9-13(21-15(26)14(22-28-5)10-8-32-17(19)20-10)16(27)23(9)30-7-11(24)29-6-12(25)31-18(2,3)4/h8-9,13H,6-7H2,1-5H3,(H2,19,20)(H,21,26)/b22-14+/t9-,13-/m1/s1. The Kier molecular flexibility index (Phi) is 8.10. The molecule has 1 aliphatic rings. The summed E-state index contributed by atoms with van der Waals surface area (Å²) in [6.45, 7) is 5.46. The lowest BCUT2D eigenvalue weighted by Gasteiger charge is -2.43. The van der Waals surface area contributed by atoms with E-state index in [1.165, 1.54) is 12.5 Å². The van der Waals surface area contributed by atoms with Gasteiger partial charge in [-0.25, -0.2) is 19.6 Å². The number of carbonyl (C=O) groups is 4. The Bertz CT molecular complexity index is 909. The fourth-order valence-corrected chi connectivity index (χ4v) is 3.08. The van der Waals surface area contributed by atoms with Crippen LogP contribution in [0.5, 0.6) is 0 Å². The highest BCUT2D eigenvalue weighted by molar-refractivity contribution is 7.13. The smallest absolute Gasteiger partial charge is 0.344 e. The lowest BCUT2D eigenvalue weighted by Crippen LogP contribution is -2.70. The van der Waals surface area contributed by atoms with Gasteiger partial charge < -0.3 is 25.4 Å². The topological polar surface area (TPSA) is 172 Å². The predicted octanol–water partition coefficient (Wildman–Crippen LogP) is -0.392. The lowest BCUT2D eigenvalue weighted by molar-refractivity contribution is -0.234. The van der Waals surface area contributed by atoms with E-state index in [0.717, 1.165) is 16.4 Å². The van der Waals surface area contributed by atoms with Gasteiger partial charge in [0.25, 0.3) is 11.8 Å². The van der Waals surface area contributed by atoms with Crippen molar-refractivity contribution in [2.75, 3.05) is 26.1 Å². The maximum Gasteiger partial charge on any atom is 0.344 e. The summed E-state index contributed by atoms with van der Waals surface area (Å²) >= 11 is 1.12. The van der Waals surface area contributed by atoms with E-state index in [2.05, 4.69) is 20.3 Å². The fraction of sp³-hybridized carbons (Fsp3) is 0.556. The Labute approximate surface area is 187 Å². The number of hydroxylamine groups is 2. The van der Waals surface area contributed by atoms with E-state index < -0.39 is 54.7 Å². The molecule has 0 radical (unpaired) electrons. The first-order valence-corrected chi connectivity index (χ1v) is 10.3. The number of ether oxygens (including phenoxy) is 2. The van der Waals surface area contributed by atoms with E-state index in [4.69, 9.17) is 20.0 Å². The van der Waals surface area contributed by atoms with Gasteiger partial charge in [-0.15, -0.1) is 11.3 Å². The van der Waals surface area contributed by atoms with Crippen molar-refractivity contribution in [3.8, 4) is 0 Å². The average Bonchev–Trinajstić information content (AvgIpc) is 3.13. The quantitative estimate of drug-likeness (QED) is 0.209. The second-order valence-corrected chi connectivity index (χ2v) is 8.46. The molecule has 1 aromatic heterocycles. The van der Waals surface area contributed by atoms with Crippen LogP contribution in [0.3, 0.4) is 0 Å². The molecular formula is C18H25N5O8S. The van der Waals surface area contributed by atoms with Crippen molar-refractivity contribution in [1.29, 1.82) is 0 Å². The van der Waals surface area contributed by atoms with E-state index >= 15 is 0 Å². The summed E-state index contributed by atoms with van der Waals surface area (Å²) in [5.74, 6) is -2.85. The molecule has 1 aliphatic heterocycles. The maximum atomic E-state index is 12.5. The number of carbonyl (C=O) groups excluding carboxylic acids is 4. The largest absolute Gasteiger partial charge is 0.457 e. The summed E-state index contributed by atoms with van der Waals surface area (Å²) in [5, 5.41) is 8.84. The molecule has 0 aliphatic carbocycles. The molecule has 0 aromatic carbocycles. The SMILES string of the molecule is CO/N=C(/C(=O)N[C@H]1C(=O)N(OCC(=O)OCC(=O)OC(C)(C)C)[C@@H]1C)c1csc(N)n1. The number of amides is 2. The van der Waals surface area contributed by atoms with Crippen LogP contribution in [-0.4, -0.2) is 77.5 Å². The minimum Gasteiger partial charge on any atom is -0.457 e. The van der Waals surface area contributed by atoms with Gasteiger partial charge in [-0.3, -0.25) is 14.4 Å². The summed E-state index contributed by atoms with van der Waals surface area (Å²) in [4.78, 5) is 61.9. The van der Waals surface area contributed by atoms with Crippen molar-refractivity contribution in [2.45, 2.75) is 45.4 Å². The molecule has 1 fully saturated rings. The predicted molar refractivity (Wildman–Crippen MR) is 111 cm³/mol. The van der Waals surface area contributed by atoms with E-state index in [9.17, 15) is 19.2 Å². The molecule has 2 amide bonds. The summed E-state index contributed by atoms with van der Waals surface area (Å²) < 4.78 is 9.76. The summed E-state index contributed by atoms with van der Waals surface area (Å²) in [7, 11) is 1.26. The third-order valence-electron chi connectivity index (χ3n) is 3.88. The number of nitrogens with two attached hydrogens (primary N) is 1. The molecule has 0 unspecified atom stereocenters. The molecule has 32 heavy (non-hydrogen) atoms. The maximum absolute atomic E-state index is 12.5. The molecule has 14 heteroatoms. The number of esters is 2. The van der Waals surface area contributed by atoms with Crippen LogP contribution in [0.2, 0.25) is 0 Å². The Morgan fingerprint density at radius 1 is 1.28 bits per heavy atom. The average molecular weight is 471 g/mol. The van der Waals surface area contributed by atoms with Crippen molar-refractivity contribution < 1.29 is 38.3 Å². The number of thiazole rings is 1. The van der Waals surface area contributed by atoms with Gasteiger partial charge in [0.15, 0.2) is 24.1 Å². The van der Waals surface area contributed by atoms with Crippen LogP contribution >= 0.6 is 11.3 Å². The highest BCUT2D eigenvalue weighted by atomic mass is 32.1. The molecule has 0 saturated carbocycles. The third kappa shape index (κ3) is 6.62. The number of anilines is 1. The zero-order valence-corrected chi connectivity index (χ0v) is 19.1. The van der Waals surface area contributed by atoms with Crippen molar-refractivity contribution in [2.24, 2.45) is 5.16 Å². The number of rotatable bonds is 9. The van der Waals surface area contributed by atoms with Crippen LogP contribution in [0, 0.1) is 0 Å². The molecule has 176 valence electrons. The van der Waals surface area contributed by atoms with E-state index in [0.29, 0.717) is 0 Å². The van der Waals surface area contributed by atoms with E-state index in [1.807, 2.05) is 0 Å². The molecule has 2 atom stereocenters. The van der Waals surface area contributed by atoms with Gasteiger partial charge in [-0.2, -0.15) is 0 Å². The molecular weight excluding hydrogens is 446 g/mol. The zero-order valence-electron chi connectivity index (χ0n) is 18.2. The fourth-order valence-electron chi connectivity index (χ4n) is 2.54. The van der Waals surface area contributed by atoms with E-state index in [-0.39, 0.29) is 16.5 Å². The first kappa shape index (κ1) is 25.0. The first-order valence-electron chi connectivity index (χ1n) is 9.39. The molecule has 0 spiro atoms. The normalized spacial score (nSPS) is 18.6. The highest BCUT2D eigenvalue weighted by Gasteiger charge is 2.47. The molecule has 0 bridgehead atoms. The Morgan fingerprint density at radius 2 is 1.97 bits per heavy atom. The number of oxime groups is 1. The van der Waals surface area contributed by atoms with Gasteiger partial charge >= 0.3 is 11.9 Å². The second-order valence-electron chi connectivity index (χ2n) is 7.57. The van der Waals surface area contributed by atoms with Gasteiger partial charge in [-0.05, 0) is 27.7 Å². The van der Waals surface area contributed by atoms with E-state index in [1.54, 1.807) is 27.7 Å². The monoisotopic (exact) mass is 471 g/mol. The minimum absolute atomic E-state index is 0.148. The first-order chi connectivity index (χ1) is 14.9. The number of β-lactam (4-membered cyclic amide) rings is 1. The van der Waals surface area contributed by atoms with Crippen LogP contribution in [0.25, 0.3) is 0 Å². The summed E-state index contributed by atoms with van der Waals surface area (Å²) in [6.07, 6.45) is 0. The lowest BCUT2D eigenvalue weighted by atomic mass is 10.00. The molecule has 1 saturated heterocycles. The van der Waals surface area contributed by atoms with Crippen LogP contribution in [0.15, 0.2) is 10.5 Å². The van der Waals surface area contributed by atoms with Gasteiger partial charge in [0.05, 0.1) is 6.04 Å². The highest BCUT2D eigenvalue weighted by Crippen LogP contribution is 2.21. The van der Waals surface area contributed by atoms with Crippen LogP contribution in [0.1, 0.15) is 33.4 Å². The second kappa shape index (κ2) is 10.4. The van der Waals surface area contributed by atoms with Gasteiger partial charge in [0.1, 0.15) is 24.4 Å². The Morgan fingerprint density at radius 3 is 2.50 bits per heavy atom. The number of nitrogens with one attached hydrogen (secondary N) is 1. The van der Waals surface area contributed by atoms with Gasteiger partial charge in [0.2, 0.25) is 0 Å².